The number of hydrogen-bond donors (Lipinski definition) is 3. The first-order chi connectivity index (χ1) is 37.2. The quantitative estimate of drug-likeness (QED) is 0.0715. The van der Waals surface area contributed by atoms with Gasteiger partial charge in [0, 0.05) is 67.4 Å². The van der Waals surface area contributed by atoms with Gasteiger partial charge in [-0.2, -0.15) is 0 Å². The summed E-state index contributed by atoms with van der Waals surface area (Å²) in [5, 5.41) is 10.8. The van der Waals surface area contributed by atoms with E-state index >= 15 is 0 Å². The minimum atomic E-state index is -3.49. The largest absolute Gasteiger partial charge is 0.478 e. The molecule has 432 valence electrons. The maximum atomic E-state index is 13.2. The van der Waals surface area contributed by atoms with Gasteiger partial charge in [-0.15, -0.1) is 0 Å². The molecule has 19 nitrogen and oxygen atoms in total. The predicted molar refractivity (Wildman–Crippen MR) is 303 cm³/mol. The fourth-order valence-electron chi connectivity index (χ4n) is 9.13. The molecule has 2 fully saturated rings. The van der Waals surface area contributed by atoms with E-state index in [1.807, 2.05) is 65.8 Å². The van der Waals surface area contributed by atoms with Crippen LogP contribution in [0.4, 0.5) is 0 Å². The van der Waals surface area contributed by atoms with Gasteiger partial charge < -0.3 is 34.5 Å². The molecule has 2 aliphatic carbocycles. The van der Waals surface area contributed by atoms with Gasteiger partial charge in [-0.05, 0) is 178 Å². The Morgan fingerprint density at radius 2 is 1.05 bits per heavy atom. The summed E-state index contributed by atoms with van der Waals surface area (Å²) < 4.78 is 74.6. The van der Waals surface area contributed by atoms with Crippen molar-refractivity contribution in [3.8, 4) is 22.9 Å². The molecule has 80 heavy (non-hydrogen) atoms. The molecule has 6 aromatic rings. The van der Waals surface area contributed by atoms with E-state index in [0.29, 0.717) is 97.1 Å². The Balaban J connectivity index is 0.000000258. The van der Waals surface area contributed by atoms with Crippen molar-refractivity contribution in [2.24, 2.45) is 17.6 Å². The number of benzene rings is 2. The number of carboxylic acid groups (broad SMARTS) is 1. The van der Waals surface area contributed by atoms with Crippen LogP contribution in [0.3, 0.4) is 0 Å². The monoisotopic (exact) mass is 1140 g/mol. The summed E-state index contributed by atoms with van der Waals surface area (Å²) in [6.07, 6.45) is 10.6. The maximum Gasteiger partial charge on any atom is 0.335 e. The summed E-state index contributed by atoms with van der Waals surface area (Å²) in [5.41, 5.74) is 8.72. The highest BCUT2D eigenvalue weighted by molar-refractivity contribution is 7.91. The average molecular weight is 1140 g/mol. The van der Waals surface area contributed by atoms with Gasteiger partial charge in [0.05, 0.1) is 39.0 Å². The number of aromatic carboxylic acids is 1. The molecule has 21 heteroatoms. The molecule has 2 aromatic carbocycles. The topological polar surface area (TPSA) is 291 Å². The zero-order valence-corrected chi connectivity index (χ0v) is 47.7. The number of aromatic nitrogens is 4. The van der Waals surface area contributed by atoms with Crippen molar-refractivity contribution in [3.63, 3.8) is 0 Å². The van der Waals surface area contributed by atoms with Crippen LogP contribution >= 0.6 is 0 Å². The van der Waals surface area contributed by atoms with Crippen LogP contribution in [0.2, 0.25) is 0 Å². The summed E-state index contributed by atoms with van der Waals surface area (Å²) >= 11 is 0. The molecule has 8 rings (SSSR count). The second-order valence-electron chi connectivity index (χ2n) is 21.9. The number of carbonyl (C=O) groups excluding carboxylic acids is 3. The van der Waals surface area contributed by atoms with E-state index in [2.05, 4.69) is 25.3 Å². The number of nitrogens with one attached hydrogen (secondary N) is 1. The van der Waals surface area contributed by atoms with Gasteiger partial charge in [-0.3, -0.25) is 24.4 Å². The highest BCUT2D eigenvalue weighted by Gasteiger charge is 2.38. The second-order valence-corrected chi connectivity index (χ2v) is 26.5. The van der Waals surface area contributed by atoms with E-state index in [1.165, 1.54) is 12.1 Å². The van der Waals surface area contributed by atoms with Crippen LogP contribution in [0, 0.1) is 25.7 Å². The SMILES string of the molecule is C.Cc1oc(-c2ccc(C(=O)NCc3cccnc3)cc2)nc1CS(=O)(=O)[C@H]1CC[C@H](CC(=O)OC(C)(C)C)C1.Cc1oc(-c2ccc(C(=O)O)cc2)nc1CS(=O)(=O)[C@H]1CC[C@H](CC(=O)OC(C)(C)C)C1.NCc1cccnc1. The number of esters is 2. The third-order valence-corrected chi connectivity index (χ3v) is 17.4. The van der Waals surface area contributed by atoms with Crippen LogP contribution in [0.15, 0.2) is 106 Å². The minimum Gasteiger partial charge on any atom is -0.478 e. The van der Waals surface area contributed by atoms with Crippen LogP contribution in [0.1, 0.15) is 155 Å². The van der Waals surface area contributed by atoms with Gasteiger partial charge >= 0.3 is 17.9 Å². The van der Waals surface area contributed by atoms with E-state index in [1.54, 1.807) is 75.0 Å². The zero-order valence-electron chi connectivity index (χ0n) is 46.1. The number of amides is 1. The minimum absolute atomic E-state index is 0. The summed E-state index contributed by atoms with van der Waals surface area (Å²) in [5.74, 6) is -0.917. The molecule has 0 unspecified atom stereocenters. The van der Waals surface area contributed by atoms with E-state index in [9.17, 15) is 36.0 Å². The van der Waals surface area contributed by atoms with Gasteiger partial charge in [-0.1, -0.05) is 19.6 Å². The van der Waals surface area contributed by atoms with Crippen LogP contribution in [0.5, 0.6) is 0 Å². The molecule has 4 N–H and O–H groups in total. The van der Waals surface area contributed by atoms with Gasteiger partial charge in [0.15, 0.2) is 19.7 Å². The molecular formula is C59H76N6O13S2. The molecule has 2 aliphatic rings. The number of nitrogens with two attached hydrogens (primary N) is 1. The standard InChI is InChI=1S/C29H35N3O6S.C23H29NO7S.C6H8N2.CH4/c1-19-25(18-39(35,36)24-12-7-20(14-24)15-26(33)38-29(2,3)4)32-28(37-19)23-10-8-22(9-11-23)27(34)31-17-21-6-5-13-30-16-21;1-14-19(24-21(30-14)16-6-8-17(9-7-16)22(26)27)13-32(28,29)18-10-5-15(11-18)12-20(25)31-23(2,3)4;7-4-6-2-1-3-8-5-6;/h5-6,8-11,13,16,20,24H,7,12,14-15,17-18H2,1-4H3,(H,31,34);6-9,15,18H,5,10-13H2,1-4H3,(H,26,27);1-3,5H,4,7H2;1H4/t20-,24-;15-,18-;;/m00../s1. The van der Waals surface area contributed by atoms with Crippen molar-refractivity contribution >= 4 is 43.5 Å². The van der Waals surface area contributed by atoms with E-state index in [0.717, 1.165) is 11.1 Å². The Kier molecular flexibility index (Phi) is 22.2. The third kappa shape index (κ3) is 19.3. The fourth-order valence-corrected chi connectivity index (χ4v) is 13.0. The number of carboxylic acids is 1. The lowest BCUT2D eigenvalue weighted by molar-refractivity contribution is -0.157. The number of nitrogens with zero attached hydrogens (tertiary/aromatic N) is 4. The third-order valence-electron chi connectivity index (χ3n) is 13.1. The smallest absolute Gasteiger partial charge is 0.335 e. The molecule has 0 aliphatic heterocycles. The highest BCUT2D eigenvalue weighted by Crippen LogP contribution is 2.37. The van der Waals surface area contributed by atoms with Crippen LogP contribution in [-0.2, 0) is 63.3 Å². The van der Waals surface area contributed by atoms with Crippen molar-refractivity contribution in [1.29, 1.82) is 0 Å². The van der Waals surface area contributed by atoms with E-state index in [4.69, 9.17) is 29.1 Å². The van der Waals surface area contributed by atoms with E-state index < -0.39 is 47.3 Å². The number of hydrogen-bond acceptors (Lipinski definition) is 17. The Hall–Kier alpha value is -7.10. The van der Waals surface area contributed by atoms with Crippen molar-refractivity contribution < 1.29 is 59.4 Å². The van der Waals surface area contributed by atoms with Crippen LogP contribution < -0.4 is 11.1 Å². The van der Waals surface area contributed by atoms with Crippen molar-refractivity contribution in [2.75, 3.05) is 0 Å². The highest BCUT2D eigenvalue weighted by atomic mass is 32.2. The van der Waals surface area contributed by atoms with E-state index in [-0.39, 0.29) is 72.9 Å². The number of pyridine rings is 2. The Bertz CT molecular complexity index is 3240. The summed E-state index contributed by atoms with van der Waals surface area (Å²) in [6.45, 7) is 15.2. The lowest BCUT2D eigenvalue weighted by Gasteiger charge is -2.20. The fraction of sp³-hybridized carbons (Fsp3) is 0.458. The van der Waals surface area contributed by atoms with Gasteiger partial charge in [0.1, 0.15) is 22.7 Å². The lowest BCUT2D eigenvalue weighted by Crippen LogP contribution is -2.25. The summed E-state index contributed by atoms with van der Waals surface area (Å²) in [4.78, 5) is 64.5. The molecule has 4 atom stereocenters. The van der Waals surface area contributed by atoms with Gasteiger partial charge in [-0.25, -0.2) is 31.6 Å². The first-order valence-electron chi connectivity index (χ1n) is 26.2. The number of ether oxygens (including phenoxy) is 2. The number of oxazole rings is 2. The molecule has 0 saturated heterocycles. The maximum absolute atomic E-state index is 13.2. The number of aryl methyl sites for hydroxylation is 2. The Morgan fingerprint density at radius 3 is 1.41 bits per heavy atom. The first kappa shape index (κ1) is 63.7. The molecule has 4 heterocycles. The van der Waals surface area contributed by atoms with Crippen molar-refractivity contribution in [1.82, 2.24) is 25.3 Å². The normalized spacial score (nSPS) is 17.2. The van der Waals surface area contributed by atoms with Gasteiger partial charge in [0.2, 0.25) is 11.8 Å². The molecule has 0 bridgehead atoms. The lowest BCUT2D eigenvalue weighted by atomic mass is 10.0. The molecule has 0 spiro atoms. The number of carbonyl (C=O) groups is 4. The molecule has 1 amide bonds. The van der Waals surface area contributed by atoms with Crippen molar-refractivity contribution in [3.05, 3.63) is 143 Å². The first-order valence-corrected chi connectivity index (χ1v) is 29.6. The van der Waals surface area contributed by atoms with Crippen LogP contribution in [-0.4, -0.2) is 87.4 Å². The second kappa shape index (κ2) is 27.9. The average Bonchev–Trinajstić information content (AvgIpc) is 4.29. The molecular weight excluding hydrogens is 1060 g/mol. The molecule has 4 aromatic heterocycles. The summed E-state index contributed by atoms with van der Waals surface area (Å²) in [7, 11) is -6.97. The summed E-state index contributed by atoms with van der Waals surface area (Å²) in [6, 6.07) is 20.3. The van der Waals surface area contributed by atoms with Crippen molar-refractivity contribution in [2.45, 2.75) is 160 Å². The molecule has 2 saturated carbocycles. The number of sulfone groups is 2. The Labute approximate surface area is 469 Å². The van der Waals surface area contributed by atoms with Crippen LogP contribution in [0.25, 0.3) is 22.9 Å². The predicted octanol–water partition coefficient (Wildman–Crippen LogP) is 10.1. The van der Waals surface area contributed by atoms with Gasteiger partial charge in [0.25, 0.3) is 5.91 Å². The Morgan fingerprint density at radius 1 is 0.637 bits per heavy atom. The molecule has 0 radical (unpaired) electrons. The zero-order chi connectivity index (χ0) is 57.7. The number of rotatable bonds is 17.